The Bertz CT molecular complexity index is 832. The van der Waals surface area contributed by atoms with Crippen LogP contribution in [-0.4, -0.2) is 32.1 Å². The largest absolute Gasteiger partial charge is 0.465 e. The van der Waals surface area contributed by atoms with Crippen molar-refractivity contribution in [2.75, 3.05) is 20.0 Å². The van der Waals surface area contributed by atoms with Gasteiger partial charge in [-0.15, -0.1) is 11.3 Å². The molecule has 0 saturated carbocycles. The lowest BCUT2D eigenvalue weighted by Crippen LogP contribution is -2.13. The standard InChI is InChI=1S/C16H14ClNO6S/c1-22-15(20)11-9(12(16(21)23-2)25-13(11)18)7-24-14(19)8-5-3-4-6-10(8)17/h3-6H,7,18H2,1-2H3. The van der Waals surface area contributed by atoms with Crippen LogP contribution in [0.3, 0.4) is 0 Å². The molecule has 1 aromatic heterocycles. The summed E-state index contributed by atoms with van der Waals surface area (Å²) in [7, 11) is 2.37. The second-order valence-corrected chi connectivity index (χ2v) is 6.15. The van der Waals surface area contributed by atoms with Crippen molar-refractivity contribution < 1.29 is 28.6 Å². The summed E-state index contributed by atoms with van der Waals surface area (Å²) in [6.07, 6.45) is 0. The lowest BCUT2D eigenvalue weighted by Gasteiger charge is -2.08. The van der Waals surface area contributed by atoms with Gasteiger partial charge in [0, 0.05) is 5.56 Å². The molecule has 2 rings (SSSR count). The number of hydrogen-bond acceptors (Lipinski definition) is 8. The lowest BCUT2D eigenvalue weighted by molar-refractivity contribution is 0.0453. The van der Waals surface area contributed by atoms with Gasteiger partial charge >= 0.3 is 17.9 Å². The zero-order chi connectivity index (χ0) is 18.6. The van der Waals surface area contributed by atoms with Crippen molar-refractivity contribution in [3.8, 4) is 0 Å². The van der Waals surface area contributed by atoms with E-state index in [9.17, 15) is 14.4 Å². The van der Waals surface area contributed by atoms with Crippen LogP contribution in [0.5, 0.6) is 0 Å². The molecule has 0 aliphatic carbocycles. The van der Waals surface area contributed by atoms with Gasteiger partial charge in [-0.05, 0) is 12.1 Å². The first-order valence-corrected chi connectivity index (χ1v) is 8.09. The number of hydrogen-bond donors (Lipinski definition) is 1. The summed E-state index contributed by atoms with van der Waals surface area (Å²) in [6.45, 7) is -0.368. The Morgan fingerprint density at radius 2 is 1.72 bits per heavy atom. The number of carbonyl (C=O) groups is 3. The molecular formula is C16H14ClNO6S. The maximum atomic E-state index is 12.2. The number of halogens is 1. The van der Waals surface area contributed by atoms with Gasteiger partial charge in [0.15, 0.2) is 0 Å². The van der Waals surface area contributed by atoms with Crippen LogP contribution in [0.25, 0.3) is 0 Å². The molecule has 9 heteroatoms. The van der Waals surface area contributed by atoms with E-state index in [1.54, 1.807) is 18.2 Å². The minimum atomic E-state index is -0.743. The molecule has 0 radical (unpaired) electrons. The number of benzene rings is 1. The van der Waals surface area contributed by atoms with Gasteiger partial charge < -0.3 is 19.9 Å². The number of nitrogen functional groups attached to an aromatic ring is 1. The van der Waals surface area contributed by atoms with Gasteiger partial charge in [-0.1, -0.05) is 23.7 Å². The van der Waals surface area contributed by atoms with Crippen molar-refractivity contribution >= 4 is 45.8 Å². The maximum Gasteiger partial charge on any atom is 0.348 e. The molecule has 0 saturated heterocycles. The van der Waals surface area contributed by atoms with E-state index >= 15 is 0 Å². The number of anilines is 1. The summed E-state index contributed by atoms with van der Waals surface area (Å²) in [5, 5.41) is 0.287. The molecule has 0 fully saturated rings. The molecule has 25 heavy (non-hydrogen) atoms. The Balaban J connectivity index is 2.34. The number of nitrogens with two attached hydrogens (primary N) is 1. The molecule has 0 aliphatic heterocycles. The zero-order valence-electron chi connectivity index (χ0n) is 13.3. The SMILES string of the molecule is COC(=O)c1sc(N)c(C(=O)OC)c1COC(=O)c1ccccc1Cl. The van der Waals surface area contributed by atoms with Gasteiger partial charge in [-0.25, -0.2) is 14.4 Å². The highest BCUT2D eigenvalue weighted by atomic mass is 35.5. The van der Waals surface area contributed by atoms with Crippen molar-refractivity contribution in [3.63, 3.8) is 0 Å². The summed E-state index contributed by atoms with van der Waals surface area (Å²) >= 11 is 6.80. The van der Waals surface area contributed by atoms with Gasteiger partial charge in [0.1, 0.15) is 22.0 Å². The van der Waals surface area contributed by atoms with Gasteiger partial charge in [-0.3, -0.25) is 0 Å². The van der Waals surface area contributed by atoms with Crippen LogP contribution >= 0.6 is 22.9 Å². The average Bonchev–Trinajstić information content (AvgIpc) is 2.95. The fourth-order valence-corrected chi connectivity index (χ4v) is 3.24. The number of rotatable bonds is 5. The van der Waals surface area contributed by atoms with E-state index in [0.29, 0.717) is 0 Å². The summed E-state index contributed by atoms with van der Waals surface area (Å²) < 4.78 is 14.5. The van der Waals surface area contributed by atoms with Crippen LogP contribution in [0.15, 0.2) is 24.3 Å². The van der Waals surface area contributed by atoms with E-state index < -0.39 is 17.9 Å². The topological polar surface area (TPSA) is 105 Å². The quantitative estimate of drug-likeness (QED) is 0.625. The minimum absolute atomic E-state index is 0.0279. The number of methoxy groups -OCH3 is 2. The zero-order valence-corrected chi connectivity index (χ0v) is 14.9. The normalized spacial score (nSPS) is 10.2. The summed E-state index contributed by atoms with van der Waals surface area (Å²) in [6, 6.07) is 6.34. The molecule has 0 aliphatic rings. The Morgan fingerprint density at radius 3 is 2.32 bits per heavy atom. The smallest absolute Gasteiger partial charge is 0.348 e. The van der Waals surface area contributed by atoms with E-state index in [1.807, 2.05) is 0 Å². The van der Waals surface area contributed by atoms with E-state index in [4.69, 9.17) is 22.1 Å². The highest BCUT2D eigenvalue weighted by Crippen LogP contribution is 2.33. The highest BCUT2D eigenvalue weighted by molar-refractivity contribution is 7.18. The first kappa shape index (κ1) is 18.8. The van der Waals surface area contributed by atoms with Crippen molar-refractivity contribution in [1.29, 1.82) is 0 Å². The molecule has 0 amide bonds. The number of thiophene rings is 1. The first-order valence-electron chi connectivity index (χ1n) is 6.90. The van der Waals surface area contributed by atoms with Crippen LogP contribution in [0.1, 0.15) is 36.0 Å². The van der Waals surface area contributed by atoms with Crippen molar-refractivity contribution in [1.82, 2.24) is 0 Å². The molecule has 0 bridgehead atoms. The third kappa shape index (κ3) is 3.92. The van der Waals surface area contributed by atoms with E-state index in [2.05, 4.69) is 9.47 Å². The van der Waals surface area contributed by atoms with Gasteiger partial charge in [0.05, 0.1) is 24.8 Å². The molecule has 1 heterocycles. The van der Waals surface area contributed by atoms with Crippen LogP contribution < -0.4 is 5.73 Å². The van der Waals surface area contributed by atoms with Crippen LogP contribution in [0.2, 0.25) is 5.02 Å². The number of ether oxygens (including phenoxy) is 3. The first-order chi connectivity index (χ1) is 11.9. The second-order valence-electron chi connectivity index (χ2n) is 4.69. The summed E-state index contributed by atoms with van der Waals surface area (Å²) in [5.74, 6) is -2.15. The Hall–Kier alpha value is -2.58. The van der Waals surface area contributed by atoms with Crippen LogP contribution in [0, 0.1) is 0 Å². The second kappa shape index (κ2) is 8.00. The van der Waals surface area contributed by atoms with Gasteiger partial charge in [-0.2, -0.15) is 0 Å². The van der Waals surface area contributed by atoms with Crippen molar-refractivity contribution in [2.24, 2.45) is 0 Å². The molecule has 2 N–H and O–H groups in total. The minimum Gasteiger partial charge on any atom is -0.465 e. The molecule has 1 aromatic carbocycles. The van der Waals surface area contributed by atoms with E-state index in [-0.39, 0.29) is 38.2 Å². The molecule has 2 aromatic rings. The number of esters is 3. The Morgan fingerprint density at radius 1 is 1.08 bits per heavy atom. The third-order valence-electron chi connectivity index (χ3n) is 3.24. The Kier molecular flexibility index (Phi) is 6.00. The summed E-state index contributed by atoms with van der Waals surface area (Å²) in [5.41, 5.74) is 6.06. The van der Waals surface area contributed by atoms with Crippen LogP contribution in [-0.2, 0) is 20.8 Å². The lowest BCUT2D eigenvalue weighted by atomic mass is 10.1. The number of carbonyl (C=O) groups excluding carboxylic acids is 3. The van der Waals surface area contributed by atoms with Gasteiger partial charge in [0.2, 0.25) is 0 Å². The average molecular weight is 384 g/mol. The highest BCUT2D eigenvalue weighted by Gasteiger charge is 2.28. The van der Waals surface area contributed by atoms with E-state index in [0.717, 1.165) is 11.3 Å². The third-order valence-corrected chi connectivity index (χ3v) is 4.61. The van der Waals surface area contributed by atoms with E-state index in [1.165, 1.54) is 20.3 Å². The molecule has 0 spiro atoms. The molecular weight excluding hydrogens is 370 g/mol. The van der Waals surface area contributed by atoms with Gasteiger partial charge in [0.25, 0.3) is 0 Å². The molecule has 0 atom stereocenters. The maximum absolute atomic E-state index is 12.2. The molecule has 0 unspecified atom stereocenters. The molecule has 132 valence electrons. The van der Waals surface area contributed by atoms with Crippen LogP contribution in [0.4, 0.5) is 5.00 Å². The fraction of sp³-hybridized carbons (Fsp3) is 0.188. The monoisotopic (exact) mass is 383 g/mol. The Labute approximate surface area is 152 Å². The van der Waals surface area contributed by atoms with Crippen molar-refractivity contribution in [3.05, 3.63) is 50.9 Å². The summed E-state index contributed by atoms with van der Waals surface area (Å²) in [4.78, 5) is 36.1. The molecule has 7 nitrogen and oxygen atoms in total. The predicted molar refractivity (Wildman–Crippen MR) is 92.0 cm³/mol. The van der Waals surface area contributed by atoms with Crippen molar-refractivity contribution in [2.45, 2.75) is 6.61 Å². The predicted octanol–water partition coefficient (Wildman–Crippen LogP) is 2.91. The fourth-order valence-electron chi connectivity index (χ4n) is 2.05.